The van der Waals surface area contributed by atoms with E-state index in [1.807, 2.05) is 13.0 Å². The number of nitrogens with two attached hydrogens (primary N) is 1. The highest BCUT2D eigenvalue weighted by Crippen LogP contribution is 2.26. The predicted octanol–water partition coefficient (Wildman–Crippen LogP) is 3.24. The number of nitrogen functional groups attached to an aromatic ring is 1. The van der Waals surface area contributed by atoms with Gasteiger partial charge < -0.3 is 25.8 Å². The van der Waals surface area contributed by atoms with Crippen molar-refractivity contribution >= 4 is 23.1 Å². The van der Waals surface area contributed by atoms with Crippen molar-refractivity contribution in [3.8, 4) is 11.5 Å². The van der Waals surface area contributed by atoms with E-state index in [4.69, 9.17) is 15.2 Å². The van der Waals surface area contributed by atoms with E-state index in [0.717, 1.165) is 5.56 Å². The minimum absolute atomic E-state index is 0.396. The highest BCUT2D eigenvalue weighted by atomic mass is 16.5. The molecule has 0 spiro atoms. The second-order valence-electron chi connectivity index (χ2n) is 4.77. The molecule has 4 N–H and O–H groups in total. The number of hydrogen-bond acceptors (Lipinski definition) is 4. The van der Waals surface area contributed by atoms with E-state index in [1.165, 1.54) is 0 Å². The third kappa shape index (κ3) is 3.82. The van der Waals surface area contributed by atoms with Gasteiger partial charge in [0.2, 0.25) is 0 Å². The standard InChI is InChI=1S/C16H19N3O3/c1-10-4-5-14(17)15(6-10)19-16(20)18-11-7-12(21-2)9-13(8-11)22-3/h4-9H,17H2,1-3H3,(H2,18,19,20). The van der Waals surface area contributed by atoms with Crippen molar-refractivity contribution in [2.24, 2.45) is 0 Å². The highest BCUT2D eigenvalue weighted by Gasteiger charge is 2.08. The number of urea groups is 1. The van der Waals surface area contributed by atoms with Crippen molar-refractivity contribution in [3.63, 3.8) is 0 Å². The number of rotatable bonds is 4. The summed E-state index contributed by atoms with van der Waals surface area (Å²) in [5.74, 6) is 1.18. The average molecular weight is 301 g/mol. The van der Waals surface area contributed by atoms with Gasteiger partial charge in [-0.1, -0.05) is 6.07 Å². The van der Waals surface area contributed by atoms with E-state index in [-0.39, 0.29) is 0 Å². The summed E-state index contributed by atoms with van der Waals surface area (Å²) in [7, 11) is 3.10. The van der Waals surface area contributed by atoms with Gasteiger partial charge in [0.15, 0.2) is 0 Å². The molecule has 0 aliphatic carbocycles. The SMILES string of the molecule is COc1cc(NC(=O)Nc2cc(C)ccc2N)cc(OC)c1. The number of benzene rings is 2. The minimum atomic E-state index is -0.396. The fourth-order valence-electron chi connectivity index (χ4n) is 1.94. The zero-order valence-electron chi connectivity index (χ0n) is 12.8. The van der Waals surface area contributed by atoms with Crippen molar-refractivity contribution < 1.29 is 14.3 Å². The number of ether oxygens (including phenoxy) is 2. The normalized spacial score (nSPS) is 9.95. The van der Waals surface area contributed by atoms with Crippen LogP contribution in [-0.2, 0) is 0 Å². The molecular formula is C16H19N3O3. The van der Waals surface area contributed by atoms with Gasteiger partial charge in [0.25, 0.3) is 0 Å². The van der Waals surface area contributed by atoms with E-state index in [2.05, 4.69) is 10.6 Å². The molecule has 0 heterocycles. The Balaban J connectivity index is 2.13. The quantitative estimate of drug-likeness (QED) is 0.757. The van der Waals surface area contributed by atoms with Crippen LogP contribution in [-0.4, -0.2) is 20.3 Å². The molecule has 0 bridgehead atoms. The number of carbonyl (C=O) groups excluding carboxylic acids is 1. The lowest BCUT2D eigenvalue weighted by Crippen LogP contribution is -2.20. The number of anilines is 3. The van der Waals surface area contributed by atoms with Crippen LogP contribution in [0.2, 0.25) is 0 Å². The van der Waals surface area contributed by atoms with Crippen molar-refractivity contribution in [1.29, 1.82) is 0 Å². The second kappa shape index (κ2) is 6.71. The molecule has 0 aromatic heterocycles. The summed E-state index contributed by atoms with van der Waals surface area (Å²) >= 11 is 0. The maximum atomic E-state index is 12.1. The van der Waals surface area contributed by atoms with Crippen LogP contribution in [0, 0.1) is 6.92 Å². The van der Waals surface area contributed by atoms with Gasteiger partial charge in [-0.25, -0.2) is 4.79 Å². The molecule has 2 aromatic rings. The Labute approximate surface area is 129 Å². The van der Waals surface area contributed by atoms with E-state index in [0.29, 0.717) is 28.6 Å². The van der Waals surface area contributed by atoms with Crippen LogP contribution >= 0.6 is 0 Å². The largest absolute Gasteiger partial charge is 0.497 e. The maximum Gasteiger partial charge on any atom is 0.323 e. The summed E-state index contributed by atoms with van der Waals surface area (Å²) in [5.41, 5.74) is 8.47. The second-order valence-corrected chi connectivity index (χ2v) is 4.77. The molecular weight excluding hydrogens is 282 g/mol. The Morgan fingerprint density at radius 3 is 2.23 bits per heavy atom. The molecule has 6 nitrogen and oxygen atoms in total. The number of hydrogen-bond donors (Lipinski definition) is 3. The van der Waals surface area contributed by atoms with Crippen molar-refractivity contribution in [1.82, 2.24) is 0 Å². The third-order valence-electron chi connectivity index (χ3n) is 3.07. The van der Waals surface area contributed by atoms with Crippen molar-refractivity contribution in [2.75, 3.05) is 30.6 Å². The van der Waals surface area contributed by atoms with Gasteiger partial charge in [0, 0.05) is 23.9 Å². The zero-order chi connectivity index (χ0) is 16.1. The van der Waals surface area contributed by atoms with Crippen LogP contribution in [0.1, 0.15) is 5.56 Å². The van der Waals surface area contributed by atoms with Gasteiger partial charge >= 0.3 is 6.03 Å². The molecule has 6 heteroatoms. The molecule has 2 rings (SSSR count). The molecule has 0 radical (unpaired) electrons. The first-order valence-electron chi connectivity index (χ1n) is 6.69. The summed E-state index contributed by atoms with van der Waals surface area (Å²) in [4.78, 5) is 12.1. The van der Waals surface area contributed by atoms with Crippen LogP contribution in [0.25, 0.3) is 0 Å². The third-order valence-corrected chi connectivity index (χ3v) is 3.07. The lowest BCUT2D eigenvalue weighted by Gasteiger charge is -2.12. The molecule has 0 aliphatic heterocycles. The summed E-state index contributed by atoms with van der Waals surface area (Å²) in [6.07, 6.45) is 0. The van der Waals surface area contributed by atoms with Crippen LogP contribution in [0.5, 0.6) is 11.5 Å². The summed E-state index contributed by atoms with van der Waals surface area (Å²) in [6.45, 7) is 1.93. The number of nitrogens with one attached hydrogen (secondary N) is 2. The predicted molar refractivity (Wildman–Crippen MR) is 87.8 cm³/mol. The summed E-state index contributed by atoms with van der Waals surface area (Å²) < 4.78 is 10.3. The molecule has 2 amide bonds. The lowest BCUT2D eigenvalue weighted by molar-refractivity contribution is 0.262. The number of methoxy groups -OCH3 is 2. The van der Waals surface area contributed by atoms with Gasteiger partial charge in [0.05, 0.1) is 25.6 Å². The van der Waals surface area contributed by atoms with E-state index < -0.39 is 6.03 Å². The Kier molecular flexibility index (Phi) is 4.73. The molecule has 22 heavy (non-hydrogen) atoms. The van der Waals surface area contributed by atoms with Gasteiger partial charge in [-0.2, -0.15) is 0 Å². The highest BCUT2D eigenvalue weighted by molar-refractivity contribution is 6.01. The lowest BCUT2D eigenvalue weighted by atomic mass is 10.2. The molecule has 0 aliphatic rings. The van der Waals surface area contributed by atoms with Gasteiger partial charge in [-0.3, -0.25) is 0 Å². The Bertz CT molecular complexity index is 664. The molecule has 0 saturated heterocycles. The topological polar surface area (TPSA) is 85.6 Å². The number of amides is 2. The van der Waals surface area contributed by atoms with Crippen molar-refractivity contribution in [2.45, 2.75) is 6.92 Å². The van der Waals surface area contributed by atoms with Crippen LogP contribution in [0.15, 0.2) is 36.4 Å². The Morgan fingerprint density at radius 1 is 1.00 bits per heavy atom. The van der Waals surface area contributed by atoms with Gasteiger partial charge in [-0.15, -0.1) is 0 Å². The maximum absolute atomic E-state index is 12.1. The van der Waals surface area contributed by atoms with Crippen LogP contribution in [0.3, 0.4) is 0 Å². The van der Waals surface area contributed by atoms with Crippen LogP contribution < -0.4 is 25.8 Å². The smallest absolute Gasteiger partial charge is 0.323 e. The summed E-state index contributed by atoms with van der Waals surface area (Å²) in [5, 5.41) is 5.44. The fraction of sp³-hybridized carbons (Fsp3) is 0.188. The molecule has 0 saturated carbocycles. The van der Waals surface area contributed by atoms with Crippen molar-refractivity contribution in [3.05, 3.63) is 42.0 Å². The average Bonchev–Trinajstić information content (AvgIpc) is 2.50. The first-order valence-corrected chi connectivity index (χ1v) is 6.69. The zero-order valence-corrected chi connectivity index (χ0v) is 12.8. The molecule has 116 valence electrons. The minimum Gasteiger partial charge on any atom is -0.497 e. The van der Waals surface area contributed by atoms with Gasteiger partial charge in [0.1, 0.15) is 11.5 Å². The van der Waals surface area contributed by atoms with E-state index in [9.17, 15) is 4.79 Å². The van der Waals surface area contributed by atoms with E-state index >= 15 is 0 Å². The Hall–Kier alpha value is -2.89. The monoisotopic (exact) mass is 301 g/mol. The summed E-state index contributed by atoms with van der Waals surface area (Å²) in [6, 6.07) is 10.2. The molecule has 0 atom stereocenters. The van der Waals surface area contributed by atoms with Crippen LogP contribution in [0.4, 0.5) is 21.9 Å². The first-order chi connectivity index (χ1) is 10.5. The molecule has 0 unspecified atom stereocenters. The Morgan fingerprint density at radius 2 is 1.64 bits per heavy atom. The number of aryl methyl sites for hydroxylation is 1. The number of carbonyl (C=O) groups is 1. The van der Waals surface area contributed by atoms with Gasteiger partial charge in [-0.05, 0) is 24.6 Å². The van der Waals surface area contributed by atoms with E-state index in [1.54, 1.807) is 44.6 Å². The molecule has 0 fully saturated rings. The first kappa shape index (κ1) is 15.5. The molecule has 2 aromatic carbocycles. The fourth-order valence-corrected chi connectivity index (χ4v) is 1.94.